The Morgan fingerprint density at radius 1 is 1.19 bits per heavy atom. The van der Waals surface area contributed by atoms with Gasteiger partial charge in [-0.15, -0.1) is 0 Å². The maximum absolute atomic E-state index is 13.8. The maximum atomic E-state index is 13.8. The molecule has 0 saturated heterocycles. The largest absolute Gasteiger partial charge is 0.206 e. The van der Waals surface area contributed by atoms with Crippen LogP contribution in [0.4, 0.5) is 4.39 Å². The predicted octanol–water partition coefficient (Wildman–Crippen LogP) is 4.50. The van der Waals surface area contributed by atoms with Crippen LogP contribution in [0.2, 0.25) is 0 Å². The Morgan fingerprint density at radius 2 is 1.88 bits per heavy atom. The molecule has 1 saturated carbocycles. The van der Waals surface area contributed by atoms with E-state index in [0.29, 0.717) is 5.92 Å². The lowest BCUT2D eigenvalue weighted by Gasteiger charge is -2.26. The molecule has 0 bridgehead atoms. The number of halogens is 1. The first-order valence-corrected chi connectivity index (χ1v) is 6.41. The van der Waals surface area contributed by atoms with Gasteiger partial charge in [0.15, 0.2) is 0 Å². The molecule has 0 atom stereocenters. The zero-order valence-electron chi connectivity index (χ0n) is 10.3. The fourth-order valence-electron chi connectivity index (χ4n) is 2.71. The van der Waals surface area contributed by atoms with Gasteiger partial charge < -0.3 is 0 Å². The fraction of sp³-hybridized carbons (Fsp3) is 0.600. The van der Waals surface area contributed by atoms with E-state index in [2.05, 4.69) is 6.92 Å². The second kappa shape index (κ2) is 4.99. The summed E-state index contributed by atoms with van der Waals surface area (Å²) in [5, 5.41) is 0. The molecule has 1 heteroatoms. The Labute approximate surface area is 97.9 Å². The summed E-state index contributed by atoms with van der Waals surface area (Å²) >= 11 is 0. The summed E-state index contributed by atoms with van der Waals surface area (Å²) in [5.74, 6) is 1.59. The lowest BCUT2D eigenvalue weighted by atomic mass is 9.80. The molecule has 0 aliphatic heterocycles. The SMILES string of the molecule is Cc1cccc(CC2CCC(C)CC2)c1F. The van der Waals surface area contributed by atoms with Crippen molar-refractivity contribution in [2.24, 2.45) is 11.8 Å². The summed E-state index contributed by atoms with van der Waals surface area (Å²) in [6, 6.07) is 5.77. The van der Waals surface area contributed by atoms with E-state index in [-0.39, 0.29) is 5.82 Å². The van der Waals surface area contributed by atoms with Crippen LogP contribution in [0.25, 0.3) is 0 Å². The molecule has 0 heterocycles. The molecular weight excluding hydrogens is 199 g/mol. The minimum absolute atomic E-state index is 0.0149. The minimum Gasteiger partial charge on any atom is -0.206 e. The Balaban J connectivity index is 2.01. The molecule has 0 nitrogen and oxygen atoms in total. The molecule has 1 aliphatic rings. The average Bonchev–Trinajstić information content (AvgIpc) is 2.28. The molecule has 0 radical (unpaired) electrons. The highest BCUT2D eigenvalue weighted by Crippen LogP contribution is 2.31. The normalized spacial score (nSPS) is 25.7. The van der Waals surface area contributed by atoms with Crippen molar-refractivity contribution in [2.45, 2.75) is 46.0 Å². The van der Waals surface area contributed by atoms with Gasteiger partial charge in [-0.2, -0.15) is 0 Å². The molecule has 1 aromatic rings. The van der Waals surface area contributed by atoms with Crippen molar-refractivity contribution in [3.63, 3.8) is 0 Å². The van der Waals surface area contributed by atoms with Gasteiger partial charge in [0.05, 0.1) is 0 Å². The number of benzene rings is 1. The van der Waals surface area contributed by atoms with Crippen molar-refractivity contribution in [1.29, 1.82) is 0 Å². The molecule has 0 spiro atoms. The molecule has 0 amide bonds. The van der Waals surface area contributed by atoms with Gasteiger partial charge in [-0.1, -0.05) is 38.0 Å². The van der Waals surface area contributed by atoms with Gasteiger partial charge in [-0.05, 0) is 49.1 Å². The Kier molecular flexibility index (Phi) is 3.63. The smallest absolute Gasteiger partial charge is 0.129 e. The third-order valence-electron chi connectivity index (χ3n) is 3.92. The van der Waals surface area contributed by atoms with Gasteiger partial charge in [0.2, 0.25) is 0 Å². The number of hydrogen-bond donors (Lipinski definition) is 0. The molecule has 1 aromatic carbocycles. The van der Waals surface area contributed by atoms with Gasteiger partial charge in [0.25, 0.3) is 0 Å². The van der Waals surface area contributed by atoms with E-state index in [1.165, 1.54) is 25.7 Å². The maximum Gasteiger partial charge on any atom is 0.129 e. The van der Waals surface area contributed by atoms with E-state index in [9.17, 15) is 4.39 Å². The molecule has 88 valence electrons. The monoisotopic (exact) mass is 220 g/mol. The second-order valence-corrected chi connectivity index (χ2v) is 5.38. The summed E-state index contributed by atoms with van der Waals surface area (Å²) < 4.78 is 13.8. The summed E-state index contributed by atoms with van der Waals surface area (Å²) in [6.07, 6.45) is 6.11. The lowest BCUT2D eigenvalue weighted by molar-refractivity contribution is 0.287. The highest BCUT2D eigenvalue weighted by Gasteiger charge is 2.19. The van der Waals surface area contributed by atoms with Crippen molar-refractivity contribution in [2.75, 3.05) is 0 Å². The van der Waals surface area contributed by atoms with Crippen LogP contribution < -0.4 is 0 Å². The van der Waals surface area contributed by atoms with Crippen molar-refractivity contribution in [3.05, 3.63) is 35.1 Å². The molecule has 2 rings (SSSR count). The highest BCUT2D eigenvalue weighted by molar-refractivity contribution is 5.25. The van der Waals surface area contributed by atoms with Crippen LogP contribution >= 0.6 is 0 Å². The Hall–Kier alpha value is -0.850. The molecule has 1 aliphatic carbocycles. The zero-order chi connectivity index (χ0) is 11.5. The van der Waals surface area contributed by atoms with E-state index >= 15 is 0 Å². The van der Waals surface area contributed by atoms with Gasteiger partial charge >= 0.3 is 0 Å². The average molecular weight is 220 g/mol. The first-order chi connectivity index (χ1) is 7.66. The molecule has 0 aromatic heterocycles. The van der Waals surface area contributed by atoms with E-state index in [4.69, 9.17) is 0 Å². The van der Waals surface area contributed by atoms with Crippen LogP contribution in [0.3, 0.4) is 0 Å². The summed E-state index contributed by atoms with van der Waals surface area (Å²) in [6.45, 7) is 4.17. The molecular formula is C15H21F. The van der Waals surface area contributed by atoms with E-state index in [1.807, 2.05) is 25.1 Å². The van der Waals surface area contributed by atoms with Crippen molar-refractivity contribution < 1.29 is 4.39 Å². The summed E-state index contributed by atoms with van der Waals surface area (Å²) in [7, 11) is 0. The third kappa shape index (κ3) is 2.63. The quantitative estimate of drug-likeness (QED) is 0.688. The van der Waals surface area contributed by atoms with Crippen molar-refractivity contribution >= 4 is 0 Å². The van der Waals surface area contributed by atoms with Gasteiger partial charge in [0.1, 0.15) is 5.82 Å². The van der Waals surface area contributed by atoms with E-state index < -0.39 is 0 Å². The molecule has 0 N–H and O–H groups in total. The van der Waals surface area contributed by atoms with Gasteiger partial charge in [0, 0.05) is 0 Å². The van der Waals surface area contributed by atoms with Crippen LogP contribution in [0.1, 0.15) is 43.7 Å². The predicted molar refractivity (Wildman–Crippen MR) is 66.0 cm³/mol. The van der Waals surface area contributed by atoms with E-state index in [0.717, 1.165) is 23.5 Å². The molecule has 16 heavy (non-hydrogen) atoms. The zero-order valence-corrected chi connectivity index (χ0v) is 10.3. The minimum atomic E-state index is 0.0149. The second-order valence-electron chi connectivity index (χ2n) is 5.38. The Morgan fingerprint density at radius 3 is 2.56 bits per heavy atom. The number of rotatable bonds is 2. The van der Waals surface area contributed by atoms with Crippen LogP contribution in [0.5, 0.6) is 0 Å². The Bertz CT molecular complexity index is 348. The van der Waals surface area contributed by atoms with Crippen molar-refractivity contribution in [3.8, 4) is 0 Å². The third-order valence-corrected chi connectivity index (χ3v) is 3.92. The first-order valence-electron chi connectivity index (χ1n) is 6.41. The summed E-state index contributed by atoms with van der Waals surface area (Å²) in [4.78, 5) is 0. The van der Waals surface area contributed by atoms with Crippen LogP contribution in [0.15, 0.2) is 18.2 Å². The van der Waals surface area contributed by atoms with Gasteiger partial charge in [-0.3, -0.25) is 0 Å². The van der Waals surface area contributed by atoms with Gasteiger partial charge in [-0.25, -0.2) is 4.39 Å². The van der Waals surface area contributed by atoms with Crippen molar-refractivity contribution in [1.82, 2.24) is 0 Å². The van der Waals surface area contributed by atoms with Crippen LogP contribution in [-0.2, 0) is 6.42 Å². The standard InChI is InChI=1S/C15H21F/c1-11-6-8-13(9-7-11)10-14-5-3-4-12(2)15(14)16/h3-5,11,13H,6-10H2,1-2H3. The van der Waals surface area contributed by atoms with E-state index in [1.54, 1.807) is 0 Å². The van der Waals surface area contributed by atoms with Crippen LogP contribution in [0, 0.1) is 24.6 Å². The number of aryl methyl sites for hydroxylation is 1. The van der Waals surface area contributed by atoms with Crippen LogP contribution in [-0.4, -0.2) is 0 Å². The molecule has 1 fully saturated rings. The summed E-state index contributed by atoms with van der Waals surface area (Å²) in [5.41, 5.74) is 1.70. The lowest BCUT2D eigenvalue weighted by Crippen LogP contribution is -2.15. The number of hydrogen-bond acceptors (Lipinski definition) is 0. The highest BCUT2D eigenvalue weighted by atomic mass is 19.1. The topological polar surface area (TPSA) is 0 Å². The first kappa shape index (κ1) is 11.6. The fourth-order valence-corrected chi connectivity index (χ4v) is 2.71. The molecule has 0 unspecified atom stereocenters.